The van der Waals surface area contributed by atoms with Crippen molar-refractivity contribution in [1.82, 2.24) is 0 Å². The number of ketones is 1. The highest BCUT2D eigenvalue weighted by molar-refractivity contribution is 5.79. The van der Waals surface area contributed by atoms with Crippen LogP contribution in [0.25, 0.3) is 0 Å². The van der Waals surface area contributed by atoms with Gasteiger partial charge in [-0.15, -0.1) is 0 Å². The number of aliphatic carboxylic acids is 1. The monoisotopic (exact) mass is 252 g/mol. The maximum atomic E-state index is 11.0. The molecule has 1 aromatic rings. The number of aliphatic hydroxyl groups excluding tert-OH is 1. The third-order valence-electron chi connectivity index (χ3n) is 2.36. The van der Waals surface area contributed by atoms with E-state index in [0.717, 1.165) is 5.56 Å². The van der Waals surface area contributed by atoms with E-state index in [1.807, 2.05) is 0 Å². The zero-order chi connectivity index (χ0) is 13.7. The van der Waals surface area contributed by atoms with Gasteiger partial charge in [-0.05, 0) is 25.5 Å². The number of ether oxygens (including phenoxy) is 1. The lowest BCUT2D eigenvalue weighted by atomic mass is 10.0. The van der Waals surface area contributed by atoms with E-state index in [9.17, 15) is 14.7 Å². The van der Waals surface area contributed by atoms with Gasteiger partial charge >= 0.3 is 5.97 Å². The quantitative estimate of drug-likeness (QED) is 0.798. The molecular weight excluding hydrogens is 236 g/mol. The second-order valence-corrected chi connectivity index (χ2v) is 3.92. The van der Waals surface area contributed by atoms with E-state index in [1.54, 1.807) is 19.1 Å². The summed E-state index contributed by atoms with van der Waals surface area (Å²) in [4.78, 5) is 21.8. The predicted octanol–water partition coefficient (Wildman–Crippen LogP) is 1.33. The Morgan fingerprint density at radius 1 is 1.39 bits per heavy atom. The van der Waals surface area contributed by atoms with Crippen LogP contribution in [-0.4, -0.2) is 28.6 Å². The summed E-state index contributed by atoms with van der Waals surface area (Å²) >= 11 is 0. The van der Waals surface area contributed by atoms with Crippen molar-refractivity contribution in [2.24, 2.45) is 0 Å². The fraction of sp³-hybridized carbons (Fsp3) is 0.385. The number of rotatable bonds is 6. The normalized spacial score (nSPS) is 11.9. The number of carbonyl (C=O) groups is 2. The van der Waals surface area contributed by atoms with Gasteiger partial charge in [0.25, 0.3) is 0 Å². The van der Waals surface area contributed by atoms with E-state index in [0.29, 0.717) is 12.4 Å². The Morgan fingerprint density at radius 2 is 2.06 bits per heavy atom. The van der Waals surface area contributed by atoms with Gasteiger partial charge in [-0.25, -0.2) is 4.79 Å². The molecule has 0 heterocycles. The van der Waals surface area contributed by atoms with Crippen molar-refractivity contribution < 1.29 is 24.5 Å². The van der Waals surface area contributed by atoms with Crippen LogP contribution < -0.4 is 4.74 Å². The molecule has 5 nitrogen and oxygen atoms in total. The number of hydrogen-bond acceptors (Lipinski definition) is 4. The molecule has 1 aromatic carbocycles. The first-order valence-corrected chi connectivity index (χ1v) is 5.61. The molecule has 18 heavy (non-hydrogen) atoms. The third-order valence-corrected chi connectivity index (χ3v) is 2.36. The molecule has 98 valence electrons. The molecule has 0 saturated carbocycles. The van der Waals surface area contributed by atoms with E-state index in [1.165, 1.54) is 13.0 Å². The van der Waals surface area contributed by atoms with Crippen molar-refractivity contribution in [3.8, 4) is 5.75 Å². The van der Waals surface area contributed by atoms with E-state index >= 15 is 0 Å². The summed E-state index contributed by atoms with van der Waals surface area (Å²) in [6.45, 7) is 3.58. The van der Waals surface area contributed by atoms with Crippen LogP contribution in [0, 0.1) is 0 Å². The van der Waals surface area contributed by atoms with Crippen LogP contribution in [0.5, 0.6) is 5.75 Å². The minimum Gasteiger partial charge on any atom is -0.493 e. The second kappa shape index (κ2) is 6.16. The highest BCUT2D eigenvalue weighted by Crippen LogP contribution is 2.27. The molecule has 5 heteroatoms. The minimum absolute atomic E-state index is 0.00369. The highest BCUT2D eigenvalue weighted by Gasteiger charge is 2.20. The Kier molecular flexibility index (Phi) is 4.85. The number of carboxylic acids is 1. The number of carboxylic acid groups (broad SMARTS) is 1. The summed E-state index contributed by atoms with van der Waals surface area (Å²) in [5, 5.41) is 18.3. The van der Waals surface area contributed by atoms with Gasteiger partial charge in [0.2, 0.25) is 0 Å². The molecule has 1 unspecified atom stereocenters. The third kappa shape index (κ3) is 3.56. The molecule has 1 rings (SSSR count). The first-order valence-electron chi connectivity index (χ1n) is 5.61. The number of benzene rings is 1. The summed E-state index contributed by atoms with van der Waals surface area (Å²) in [5.41, 5.74) is 0.920. The van der Waals surface area contributed by atoms with Crippen molar-refractivity contribution in [3.63, 3.8) is 0 Å². The van der Waals surface area contributed by atoms with Crippen LogP contribution in [0.2, 0.25) is 0 Å². The molecule has 0 fully saturated rings. The van der Waals surface area contributed by atoms with Crippen LogP contribution >= 0.6 is 0 Å². The van der Waals surface area contributed by atoms with Crippen molar-refractivity contribution in [2.75, 3.05) is 6.61 Å². The number of aliphatic hydroxyl groups is 1. The summed E-state index contributed by atoms with van der Waals surface area (Å²) in [7, 11) is 0. The largest absolute Gasteiger partial charge is 0.493 e. The van der Waals surface area contributed by atoms with Crippen molar-refractivity contribution >= 4 is 11.8 Å². The molecule has 0 bridgehead atoms. The number of carbonyl (C=O) groups excluding carboxylic acids is 1. The van der Waals surface area contributed by atoms with E-state index in [-0.39, 0.29) is 17.8 Å². The van der Waals surface area contributed by atoms with Gasteiger partial charge in [0, 0.05) is 12.0 Å². The summed E-state index contributed by atoms with van der Waals surface area (Å²) < 4.78 is 5.30. The van der Waals surface area contributed by atoms with Gasteiger partial charge < -0.3 is 14.9 Å². The first kappa shape index (κ1) is 14.2. The number of Topliss-reactive ketones (excluding diaryl/α,β-unsaturated/α-hetero) is 1. The first-order chi connectivity index (χ1) is 8.45. The average Bonchev–Trinajstić information content (AvgIpc) is 2.28. The minimum atomic E-state index is -1.63. The fourth-order valence-electron chi connectivity index (χ4n) is 1.62. The van der Waals surface area contributed by atoms with Crippen LogP contribution in [0.3, 0.4) is 0 Å². The van der Waals surface area contributed by atoms with Crippen LogP contribution in [0.15, 0.2) is 18.2 Å². The summed E-state index contributed by atoms with van der Waals surface area (Å²) in [5.74, 6) is -1.04. The lowest BCUT2D eigenvalue weighted by molar-refractivity contribution is -0.147. The maximum Gasteiger partial charge on any atom is 0.337 e. The molecule has 0 aliphatic carbocycles. The maximum absolute atomic E-state index is 11.0. The van der Waals surface area contributed by atoms with Gasteiger partial charge in [0.15, 0.2) is 6.10 Å². The Hall–Kier alpha value is -1.88. The molecule has 0 aromatic heterocycles. The molecule has 0 amide bonds. The lowest BCUT2D eigenvalue weighted by Crippen LogP contribution is -2.12. The zero-order valence-corrected chi connectivity index (χ0v) is 10.3. The second-order valence-electron chi connectivity index (χ2n) is 3.92. The SMILES string of the molecule is CCOc1cc(CC(C)=O)ccc1C(O)C(=O)O. The van der Waals surface area contributed by atoms with E-state index in [4.69, 9.17) is 9.84 Å². The lowest BCUT2D eigenvalue weighted by Gasteiger charge is -2.14. The van der Waals surface area contributed by atoms with Crippen molar-refractivity contribution in [1.29, 1.82) is 0 Å². The Balaban J connectivity index is 3.11. The van der Waals surface area contributed by atoms with Crippen LogP contribution in [0.1, 0.15) is 31.1 Å². The molecule has 0 spiro atoms. The van der Waals surface area contributed by atoms with Crippen LogP contribution in [0.4, 0.5) is 0 Å². The summed E-state index contributed by atoms with van der Waals surface area (Å²) in [6.07, 6.45) is -1.37. The molecule has 0 saturated heterocycles. The van der Waals surface area contributed by atoms with Gasteiger partial charge in [0.05, 0.1) is 6.61 Å². The molecule has 0 radical (unpaired) electrons. The van der Waals surface area contributed by atoms with Crippen molar-refractivity contribution in [2.45, 2.75) is 26.4 Å². The standard InChI is InChI=1S/C13H16O5/c1-3-18-11-7-9(6-8(2)14)4-5-10(11)12(15)13(16)17/h4-5,7,12,15H,3,6H2,1-2H3,(H,16,17). The summed E-state index contributed by atoms with van der Waals surface area (Å²) in [6, 6.07) is 4.68. The highest BCUT2D eigenvalue weighted by atomic mass is 16.5. The van der Waals surface area contributed by atoms with E-state index in [2.05, 4.69) is 0 Å². The average molecular weight is 252 g/mol. The number of hydrogen-bond donors (Lipinski definition) is 2. The molecule has 0 aliphatic heterocycles. The molecule has 0 aliphatic rings. The Bertz CT molecular complexity index is 453. The predicted molar refractivity (Wildman–Crippen MR) is 64.6 cm³/mol. The Labute approximate surface area is 105 Å². The van der Waals surface area contributed by atoms with Gasteiger partial charge in [-0.1, -0.05) is 12.1 Å². The topological polar surface area (TPSA) is 83.8 Å². The van der Waals surface area contributed by atoms with Gasteiger partial charge in [-0.3, -0.25) is 4.79 Å². The Morgan fingerprint density at radius 3 is 2.56 bits per heavy atom. The zero-order valence-electron chi connectivity index (χ0n) is 10.3. The molecular formula is C13H16O5. The van der Waals surface area contributed by atoms with Crippen molar-refractivity contribution in [3.05, 3.63) is 29.3 Å². The molecule has 2 N–H and O–H groups in total. The van der Waals surface area contributed by atoms with Gasteiger partial charge in [0.1, 0.15) is 11.5 Å². The van der Waals surface area contributed by atoms with Gasteiger partial charge in [-0.2, -0.15) is 0 Å². The van der Waals surface area contributed by atoms with E-state index < -0.39 is 12.1 Å². The smallest absolute Gasteiger partial charge is 0.337 e. The van der Waals surface area contributed by atoms with Crippen LogP contribution in [-0.2, 0) is 16.0 Å². The molecule has 1 atom stereocenters. The fourth-order valence-corrected chi connectivity index (χ4v) is 1.62.